The average Bonchev–Trinajstić information content (AvgIpc) is 3.33. The summed E-state index contributed by atoms with van der Waals surface area (Å²) in [6.07, 6.45) is 3.31. The molecular weight excluding hydrogens is 348 g/mol. The minimum atomic E-state index is 0.218. The van der Waals surface area contributed by atoms with E-state index in [0.717, 1.165) is 55.3 Å². The highest BCUT2D eigenvalue weighted by molar-refractivity contribution is 5.64. The number of hydrogen-bond donors (Lipinski definition) is 1. The molecule has 5 nitrogen and oxygen atoms in total. The van der Waals surface area contributed by atoms with Gasteiger partial charge in [-0.25, -0.2) is 4.68 Å². The third kappa shape index (κ3) is 3.81. The van der Waals surface area contributed by atoms with Gasteiger partial charge in [-0.1, -0.05) is 25.1 Å². The number of para-hydroxylation sites is 1. The Balaban J connectivity index is 1.68. The largest absolute Gasteiger partial charge is 0.497 e. The van der Waals surface area contributed by atoms with Gasteiger partial charge < -0.3 is 10.5 Å². The number of aromatic nitrogens is 2. The van der Waals surface area contributed by atoms with Crippen LogP contribution >= 0.6 is 0 Å². The predicted molar refractivity (Wildman–Crippen MR) is 113 cm³/mol. The summed E-state index contributed by atoms with van der Waals surface area (Å²) in [7, 11) is 1.69. The normalized spacial score (nSPS) is 19.8. The van der Waals surface area contributed by atoms with Gasteiger partial charge in [-0.3, -0.25) is 4.90 Å². The van der Waals surface area contributed by atoms with Crippen LogP contribution in [0.4, 0.5) is 0 Å². The standard InChI is InChI=1S/C23H28N4O/c1-23(16-24)12-13-26(17-23)14-19-15-27(20-6-4-3-5-7-20)25-22(19)18-8-10-21(28-2)11-9-18/h3-11,15H,12-14,16-17,24H2,1-2H3. The lowest BCUT2D eigenvalue weighted by atomic mass is 9.90. The lowest BCUT2D eigenvalue weighted by Crippen LogP contribution is -2.31. The van der Waals surface area contributed by atoms with E-state index in [-0.39, 0.29) is 5.41 Å². The van der Waals surface area contributed by atoms with Crippen LogP contribution in [0.15, 0.2) is 60.8 Å². The first-order valence-electron chi connectivity index (χ1n) is 9.81. The Kier molecular flexibility index (Phi) is 5.20. The molecule has 0 saturated carbocycles. The maximum Gasteiger partial charge on any atom is 0.118 e. The zero-order chi connectivity index (χ0) is 19.6. The van der Waals surface area contributed by atoms with Crippen LogP contribution in [0.1, 0.15) is 18.9 Å². The summed E-state index contributed by atoms with van der Waals surface area (Å²) in [5, 5.41) is 4.93. The summed E-state index contributed by atoms with van der Waals surface area (Å²) < 4.78 is 7.29. The van der Waals surface area contributed by atoms with Gasteiger partial charge >= 0.3 is 0 Å². The van der Waals surface area contributed by atoms with Crippen LogP contribution in [0.25, 0.3) is 16.9 Å². The van der Waals surface area contributed by atoms with E-state index < -0.39 is 0 Å². The van der Waals surface area contributed by atoms with E-state index in [1.807, 2.05) is 35.0 Å². The van der Waals surface area contributed by atoms with Crippen molar-refractivity contribution in [1.29, 1.82) is 0 Å². The van der Waals surface area contributed by atoms with Crippen molar-refractivity contribution in [1.82, 2.24) is 14.7 Å². The Bertz CT molecular complexity index is 920. The van der Waals surface area contributed by atoms with E-state index in [4.69, 9.17) is 15.6 Å². The van der Waals surface area contributed by atoms with Gasteiger partial charge in [0.2, 0.25) is 0 Å². The first kappa shape index (κ1) is 18.7. The highest BCUT2D eigenvalue weighted by Crippen LogP contribution is 2.32. The molecule has 1 aliphatic rings. The molecule has 0 amide bonds. The summed E-state index contributed by atoms with van der Waals surface area (Å²) in [4.78, 5) is 2.49. The van der Waals surface area contributed by atoms with Crippen molar-refractivity contribution in [3.8, 4) is 22.7 Å². The van der Waals surface area contributed by atoms with Crippen LogP contribution in [-0.4, -0.2) is 41.4 Å². The molecule has 2 N–H and O–H groups in total. The minimum absolute atomic E-state index is 0.218. The minimum Gasteiger partial charge on any atom is -0.497 e. The van der Waals surface area contributed by atoms with Gasteiger partial charge in [-0.05, 0) is 61.3 Å². The van der Waals surface area contributed by atoms with Crippen molar-refractivity contribution in [3.63, 3.8) is 0 Å². The van der Waals surface area contributed by atoms with Gasteiger partial charge in [0.1, 0.15) is 5.75 Å². The van der Waals surface area contributed by atoms with Crippen molar-refractivity contribution in [2.24, 2.45) is 11.1 Å². The molecule has 1 fully saturated rings. The molecule has 146 valence electrons. The molecule has 1 aliphatic heterocycles. The zero-order valence-corrected chi connectivity index (χ0v) is 16.6. The molecule has 2 heterocycles. The van der Waals surface area contributed by atoms with E-state index in [0.29, 0.717) is 0 Å². The molecule has 0 aliphatic carbocycles. The second kappa shape index (κ2) is 7.78. The third-order valence-corrected chi connectivity index (χ3v) is 5.70. The van der Waals surface area contributed by atoms with Gasteiger partial charge in [-0.2, -0.15) is 5.10 Å². The molecular formula is C23H28N4O. The molecule has 0 bridgehead atoms. The zero-order valence-electron chi connectivity index (χ0n) is 16.6. The Morgan fingerprint density at radius 1 is 1.11 bits per heavy atom. The molecule has 0 spiro atoms. The van der Waals surface area contributed by atoms with Crippen molar-refractivity contribution in [3.05, 3.63) is 66.4 Å². The van der Waals surface area contributed by atoms with Crippen molar-refractivity contribution in [2.75, 3.05) is 26.7 Å². The first-order valence-corrected chi connectivity index (χ1v) is 9.81. The van der Waals surface area contributed by atoms with Gasteiger partial charge in [0.05, 0.1) is 18.5 Å². The Morgan fingerprint density at radius 3 is 2.50 bits per heavy atom. The number of rotatable bonds is 6. The first-order chi connectivity index (χ1) is 13.6. The molecule has 2 aromatic carbocycles. The summed E-state index contributed by atoms with van der Waals surface area (Å²) in [6, 6.07) is 18.4. The number of benzene rings is 2. The fourth-order valence-electron chi connectivity index (χ4n) is 3.90. The van der Waals surface area contributed by atoms with Gasteiger partial charge in [0.25, 0.3) is 0 Å². The summed E-state index contributed by atoms with van der Waals surface area (Å²) >= 11 is 0. The molecule has 1 unspecified atom stereocenters. The fourth-order valence-corrected chi connectivity index (χ4v) is 3.90. The lowest BCUT2D eigenvalue weighted by Gasteiger charge is -2.22. The molecule has 3 aromatic rings. The van der Waals surface area contributed by atoms with Crippen LogP contribution in [0.3, 0.4) is 0 Å². The van der Waals surface area contributed by atoms with Crippen LogP contribution in [0.5, 0.6) is 5.75 Å². The number of hydrogen-bond acceptors (Lipinski definition) is 4. The van der Waals surface area contributed by atoms with E-state index in [1.54, 1.807) is 7.11 Å². The van der Waals surface area contributed by atoms with Gasteiger partial charge in [0.15, 0.2) is 0 Å². The fraction of sp³-hybridized carbons (Fsp3) is 0.348. The molecule has 5 heteroatoms. The van der Waals surface area contributed by atoms with Crippen molar-refractivity contribution >= 4 is 0 Å². The number of nitrogens with two attached hydrogens (primary N) is 1. The Morgan fingerprint density at radius 2 is 1.86 bits per heavy atom. The number of methoxy groups -OCH3 is 1. The molecule has 4 rings (SSSR count). The summed E-state index contributed by atoms with van der Waals surface area (Å²) in [5.74, 6) is 0.853. The van der Waals surface area contributed by atoms with Crippen LogP contribution in [0, 0.1) is 5.41 Å². The Hall–Kier alpha value is -2.63. The summed E-state index contributed by atoms with van der Waals surface area (Å²) in [6.45, 7) is 6.00. The van der Waals surface area contributed by atoms with Gasteiger partial charge in [-0.15, -0.1) is 0 Å². The van der Waals surface area contributed by atoms with Crippen molar-refractivity contribution in [2.45, 2.75) is 19.9 Å². The van der Waals surface area contributed by atoms with Crippen LogP contribution in [0.2, 0.25) is 0 Å². The molecule has 1 aromatic heterocycles. The average molecular weight is 377 g/mol. The second-order valence-corrected chi connectivity index (χ2v) is 7.99. The molecule has 1 atom stereocenters. The van der Waals surface area contributed by atoms with E-state index in [2.05, 4.69) is 42.3 Å². The second-order valence-electron chi connectivity index (χ2n) is 7.99. The highest BCUT2D eigenvalue weighted by Gasteiger charge is 2.32. The maximum absolute atomic E-state index is 6.00. The van der Waals surface area contributed by atoms with E-state index >= 15 is 0 Å². The number of ether oxygens (including phenoxy) is 1. The Labute approximate surface area is 166 Å². The van der Waals surface area contributed by atoms with Crippen molar-refractivity contribution < 1.29 is 4.74 Å². The van der Waals surface area contributed by atoms with Crippen LogP contribution in [-0.2, 0) is 6.54 Å². The molecule has 0 radical (unpaired) electrons. The smallest absolute Gasteiger partial charge is 0.118 e. The molecule has 28 heavy (non-hydrogen) atoms. The highest BCUT2D eigenvalue weighted by atomic mass is 16.5. The number of likely N-dealkylation sites (tertiary alicyclic amines) is 1. The lowest BCUT2D eigenvalue weighted by molar-refractivity contribution is 0.274. The summed E-state index contributed by atoms with van der Waals surface area (Å²) in [5.41, 5.74) is 10.6. The quantitative estimate of drug-likeness (QED) is 0.712. The maximum atomic E-state index is 6.00. The van der Waals surface area contributed by atoms with E-state index in [9.17, 15) is 0 Å². The monoisotopic (exact) mass is 376 g/mol. The third-order valence-electron chi connectivity index (χ3n) is 5.70. The predicted octanol–water partition coefficient (Wildman–Crippen LogP) is 3.72. The molecule has 1 saturated heterocycles. The van der Waals surface area contributed by atoms with Crippen LogP contribution < -0.4 is 10.5 Å². The van der Waals surface area contributed by atoms with E-state index in [1.165, 1.54) is 5.56 Å². The number of nitrogens with zero attached hydrogens (tertiary/aromatic N) is 3. The van der Waals surface area contributed by atoms with Gasteiger partial charge in [0, 0.05) is 30.4 Å². The topological polar surface area (TPSA) is 56.3 Å². The SMILES string of the molecule is COc1ccc(-c2nn(-c3ccccc3)cc2CN2CCC(C)(CN)C2)cc1.